The molecule has 1 saturated heterocycles. The van der Waals surface area contributed by atoms with Crippen LogP contribution < -0.4 is 5.32 Å². The number of likely N-dealkylation sites (tertiary alicyclic amines) is 1. The van der Waals surface area contributed by atoms with E-state index in [9.17, 15) is 4.79 Å². The first-order chi connectivity index (χ1) is 7.79. The molecule has 1 aliphatic rings. The van der Waals surface area contributed by atoms with Crippen molar-refractivity contribution in [2.75, 3.05) is 13.1 Å². The summed E-state index contributed by atoms with van der Waals surface area (Å²) in [6, 6.07) is 0.442. The Morgan fingerprint density at radius 2 is 2.62 bits per heavy atom. The first kappa shape index (κ1) is 11.5. The highest BCUT2D eigenvalue weighted by Crippen LogP contribution is 2.12. The lowest BCUT2D eigenvalue weighted by atomic mass is 10.2. The van der Waals surface area contributed by atoms with E-state index in [1.807, 2.05) is 23.5 Å². The monoisotopic (exact) mass is 239 g/mol. The fourth-order valence-electron chi connectivity index (χ4n) is 1.95. The van der Waals surface area contributed by atoms with E-state index in [-0.39, 0.29) is 5.91 Å². The SMILES string of the molecule is CCC(=O)N1CCC(NCc2cncs2)C1. The molecule has 0 aliphatic carbocycles. The van der Waals surface area contributed by atoms with Gasteiger partial charge < -0.3 is 10.2 Å². The lowest BCUT2D eigenvalue weighted by Crippen LogP contribution is -2.34. The Labute approximate surface area is 99.7 Å². The Kier molecular flexibility index (Phi) is 3.90. The van der Waals surface area contributed by atoms with Crippen molar-refractivity contribution < 1.29 is 4.79 Å². The zero-order chi connectivity index (χ0) is 11.4. The Morgan fingerprint density at radius 3 is 3.31 bits per heavy atom. The maximum absolute atomic E-state index is 11.5. The molecule has 16 heavy (non-hydrogen) atoms. The average molecular weight is 239 g/mol. The van der Waals surface area contributed by atoms with Crippen molar-refractivity contribution in [3.8, 4) is 0 Å². The molecule has 1 fully saturated rings. The zero-order valence-electron chi connectivity index (χ0n) is 9.48. The highest BCUT2D eigenvalue weighted by Gasteiger charge is 2.24. The number of thiazole rings is 1. The molecule has 88 valence electrons. The minimum atomic E-state index is 0.266. The molecule has 1 N–H and O–H groups in total. The van der Waals surface area contributed by atoms with Crippen molar-refractivity contribution in [2.45, 2.75) is 32.4 Å². The molecule has 1 aromatic heterocycles. The lowest BCUT2D eigenvalue weighted by molar-refractivity contribution is -0.129. The van der Waals surface area contributed by atoms with Gasteiger partial charge in [-0.1, -0.05) is 6.92 Å². The van der Waals surface area contributed by atoms with Crippen molar-refractivity contribution in [1.29, 1.82) is 0 Å². The summed E-state index contributed by atoms with van der Waals surface area (Å²) in [5.41, 5.74) is 1.85. The van der Waals surface area contributed by atoms with Crippen LogP contribution in [0.25, 0.3) is 0 Å². The van der Waals surface area contributed by atoms with Gasteiger partial charge in [-0.25, -0.2) is 0 Å². The van der Waals surface area contributed by atoms with Gasteiger partial charge in [0.25, 0.3) is 0 Å². The highest BCUT2D eigenvalue weighted by atomic mass is 32.1. The summed E-state index contributed by atoms with van der Waals surface area (Å²) >= 11 is 1.66. The second kappa shape index (κ2) is 5.41. The smallest absolute Gasteiger partial charge is 0.222 e. The van der Waals surface area contributed by atoms with Crippen molar-refractivity contribution in [3.63, 3.8) is 0 Å². The molecule has 2 rings (SSSR count). The summed E-state index contributed by atoms with van der Waals surface area (Å²) in [5, 5.41) is 3.47. The molecule has 1 atom stereocenters. The molecular weight excluding hydrogens is 222 g/mol. The quantitative estimate of drug-likeness (QED) is 0.860. The third-order valence-electron chi connectivity index (χ3n) is 2.89. The Hall–Kier alpha value is -0.940. The summed E-state index contributed by atoms with van der Waals surface area (Å²) in [5.74, 6) is 0.266. The van der Waals surface area contributed by atoms with Gasteiger partial charge in [0, 0.05) is 43.2 Å². The first-order valence-electron chi connectivity index (χ1n) is 5.68. The Balaban J connectivity index is 1.75. The maximum atomic E-state index is 11.5. The van der Waals surface area contributed by atoms with Crippen LogP contribution in [-0.4, -0.2) is 34.9 Å². The van der Waals surface area contributed by atoms with E-state index in [2.05, 4.69) is 10.3 Å². The van der Waals surface area contributed by atoms with Crippen LogP contribution in [0.2, 0.25) is 0 Å². The van der Waals surface area contributed by atoms with Crippen LogP contribution in [0.4, 0.5) is 0 Å². The fourth-order valence-corrected chi connectivity index (χ4v) is 2.50. The van der Waals surface area contributed by atoms with Crippen LogP contribution in [-0.2, 0) is 11.3 Å². The molecular formula is C11H17N3OS. The van der Waals surface area contributed by atoms with E-state index in [0.29, 0.717) is 12.5 Å². The molecule has 0 saturated carbocycles. The maximum Gasteiger partial charge on any atom is 0.222 e. The van der Waals surface area contributed by atoms with Crippen LogP contribution in [0.15, 0.2) is 11.7 Å². The molecule has 1 aliphatic heterocycles. The van der Waals surface area contributed by atoms with Gasteiger partial charge in [-0.2, -0.15) is 0 Å². The molecule has 2 heterocycles. The molecule has 0 bridgehead atoms. The number of nitrogens with zero attached hydrogens (tertiary/aromatic N) is 2. The summed E-state index contributed by atoms with van der Waals surface area (Å²) in [6.07, 6.45) is 3.56. The van der Waals surface area contributed by atoms with Crippen LogP contribution in [0.5, 0.6) is 0 Å². The van der Waals surface area contributed by atoms with Crippen LogP contribution in [0.1, 0.15) is 24.6 Å². The van der Waals surface area contributed by atoms with Crippen molar-refractivity contribution >= 4 is 17.2 Å². The number of rotatable bonds is 4. The van der Waals surface area contributed by atoms with Gasteiger partial charge in [-0.05, 0) is 6.42 Å². The molecule has 0 radical (unpaired) electrons. The number of amides is 1. The summed E-state index contributed by atoms with van der Waals surface area (Å²) in [4.78, 5) is 18.7. The van der Waals surface area contributed by atoms with Crippen molar-refractivity contribution in [1.82, 2.24) is 15.2 Å². The largest absolute Gasteiger partial charge is 0.341 e. The van der Waals surface area contributed by atoms with Gasteiger partial charge in [0.2, 0.25) is 5.91 Å². The standard InChI is InChI=1S/C11H17N3OS/c1-2-11(15)14-4-3-9(7-14)13-6-10-5-12-8-16-10/h5,8-9,13H,2-4,6-7H2,1H3. The molecule has 0 spiro atoms. The number of carbonyl (C=O) groups is 1. The molecule has 4 nitrogen and oxygen atoms in total. The summed E-state index contributed by atoms with van der Waals surface area (Å²) in [6.45, 7) is 4.53. The third kappa shape index (κ3) is 2.80. The van der Waals surface area contributed by atoms with E-state index < -0.39 is 0 Å². The number of hydrogen-bond acceptors (Lipinski definition) is 4. The van der Waals surface area contributed by atoms with Gasteiger partial charge in [0.15, 0.2) is 0 Å². The minimum absolute atomic E-state index is 0.266. The van der Waals surface area contributed by atoms with Crippen LogP contribution in [0.3, 0.4) is 0 Å². The molecule has 0 aromatic carbocycles. The van der Waals surface area contributed by atoms with Gasteiger partial charge in [0.1, 0.15) is 0 Å². The fraction of sp³-hybridized carbons (Fsp3) is 0.636. The average Bonchev–Trinajstić information content (AvgIpc) is 2.96. The van der Waals surface area contributed by atoms with Gasteiger partial charge >= 0.3 is 0 Å². The molecule has 1 aromatic rings. The normalized spacial score (nSPS) is 20.3. The summed E-state index contributed by atoms with van der Waals surface area (Å²) in [7, 11) is 0. The second-order valence-corrected chi connectivity index (χ2v) is 5.00. The van der Waals surface area contributed by atoms with Crippen molar-refractivity contribution in [2.24, 2.45) is 0 Å². The summed E-state index contributed by atoms with van der Waals surface area (Å²) < 4.78 is 0. The molecule has 1 unspecified atom stereocenters. The minimum Gasteiger partial charge on any atom is -0.341 e. The second-order valence-electron chi connectivity index (χ2n) is 4.03. The number of carbonyl (C=O) groups excluding carboxylic acids is 1. The van der Waals surface area contributed by atoms with E-state index >= 15 is 0 Å². The van der Waals surface area contributed by atoms with E-state index in [1.54, 1.807) is 11.3 Å². The number of hydrogen-bond donors (Lipinski definition) is 1. The zero-order valence-corrected chi connectivity index (χ0v) is 10.3. The number of nitrogens with one attached hydrogen (secondary N) is 1. The van der Waals surface area contributed by atoms with E-state index in [0.717, 1.165) is 26.1 Å². The highest BCUT2D eigenvalue weighted by molar-refractivity contribution is 7.09. The van der Waals surface area contributed by atoms with Gasteiger partial charge in [-0.3, -0.25) is 9.78 Å². The molecule has 5 heteroatoms. The predicted octanol–water partition coefficient (Wildman–Crippen LogP) is 1.24. The predicted molar refractivity (Wildman–Crippen MR) is 64.2 cm³/mol. The Bertz CT molecular complexity index is 339. The van der Waals surface area contributed by atoms with E-state index in [4.69, 9.17) is 0 Å². The number of aromatic nitrogens is 1. The Morgan fingerprint density at radius 1 is 1.75 bits per heavy atom. The van der Waals surface area contributed by atoms with Crippen molar-refractivity contribution in [3.05, 3.63) is 16.6 Å². The first-order valence-corrected chi connectivity index (χ1v) is 6.56. The molecule has 1 amide bonds. The van der Waals surface area contributed by atoms with Crippen LogP contribution in [0, 0.1) is 0 Å². The lowest BCUT2D eigenvalue weighted by Gasteiger charge is -2.15. The van der Waals surface area contributed by atoms with E-state index in [1.165, 1.54) is 4.88 Å². The topological polar surface area (TPSA) is 45.2 Å². The van der Waals surface area contributed by atoms with Gasteiger partial charge in [0.05, 0.1) is 5.51 Å². The van der Waals surface area contributed by atoms with Gasteiger partial charge in [-0.15, -0.1) is 11.3 Å². The third-order valence-corrected chi connectivity index (χ3v) is 3.67. The van der Waals surface area contributed by atoms with Crippen LogP contribution >= 0.6 is 11.3 Å².